The maximum absolute atomic E-state index is 13.7. The van der Waals surface area contributed by atoms with Crippen LogP contribution in [-0.4, -0.2) is 31.5 Å². The van der Waals surface area contributed by atoms with E-state index in [4.69, 9.17) is 16.3 Å². The number of nitro benzene ring substituents is 1. The Balaban J connectivity index is 1.95. The normalized spacial score (nSPS) is 11.7. The van der Waals surface area contributed by atoms with E-state index in [1.54, 1.807) is 13.1 Å². The summed E-state index contributed by atoms with van der Waals surface area (Å²) in [5.41, 5.74) is 0.866. The highest BCUT2D eigenvalue weighted by Gasteiger charge is 2.15. The minimum atomic E-state index is -0.566. The third-order valence-electron chi connectivity index (χ3n) is 3.62. The van der Waals surface area contributed by atoms with Crippen LogP contribution in [0.3, 0.4) is 0 Å². The van der Waals surface area contributed by atoms with Crippen molar-refractivity contribution in [3.8, 4) is 5.75 Å². The van der Waals surface area contributed by atoms with Crippen LogP contribution in [0.1, 0.15) is 5.56 Å². The molecule has 2 aromatic rings. The molecule has 2 aromatic carbocycles. The van der Waals surface area contributed by atoms with E-state index in [0.29, 0.717) is 12.2 Å². The number of rotatable bonds is 7. The number of likely N-dealkylation sites (N-methyl/N-ethyl adjacent to an activating group) is 1. The van der Waals surface area contributed by atoms with Gasteiger partial charge in [-0.25, -0.2) is 4.39 Å². The zero-order chi connectivity index (χ0) is 19.3. The highest BCUT2D eigenvalue weighted by atomic mass is 35.5. The van der Waals surface area contributed by atoms with E-state index in [-0.39, 0.29) is 28.9 Å². The smallest absolute Gasteiger partial charge is 0.279 e. The number of non-ortho nitro benzene ring substituents is 1. The molecule has 2 rings (SSSR count). The van der Waals surface area contributed by atoms with Gasteiger partial charge in [0, 0.05) is 17.7 Å². The Hall–Kier alpha value is -2.71. The van der Waals surface area contributed by atoms with Crippen molar-refractivity contribution in [1.82, 2.24) is 0 Å². The highest BCUT2D eigenvalue weighted by Crippen LogP contribution is 2.26. The lowest BCUT2D eigenvalue weighted by Gasteiger charge is -2.15. The van der Waals surface area contributed by atoms with Crippen LogP contribution in [0.5, 0.6) is 5.75 Å². The van der Waals surface area contributed by atoms with E-state index in [0.717, 1.165) is 10.5 Å². The van der Waals surface area contributed by atoms with E-state index >= 15 is 0 Å². The summed E-state index contributed by atoms with van der Waals surface area (Å²) in [5.74, 6) is -0.607. The lowest BCUT2D eigenvalue weighted by atomic mass is 10.2. The van der Waals surface area contributed by atoms with Gasteiger partial charge in [-0.2, -0.15) is 0 Å². The summed E-state index contributed by atoms with van der Waals surface area (Å²) in [4.78, 5) is 23.1. The van der Waals surface area contributed by atoms with E-state index in [1.165, 1.54) is 37.4 Å². The van der Waals surface area contributed by atoms with Crippen molar-refractivity contribution < 1.29 is 23.7 Å². The van der Waals surface area contributed by atoms with E-state index < -0.39 is 10.7 Å². The molecule has 0 aliphatic heterocycles. The Morgan fingerprint density at radius 1 is 1.35 bits per heavy atom. The number of quaternary nitrogens is 1. The van der Waals surface area contributed by atoms with Crippen molar-refractivity contribution in [2.75, 3.05) is 26.0 Å². The van der Waals surface area contributed by atoms with Crippen LogP contribution >= 0.6 is 11.6 Å². The number of nitrogens with one attached hydrogen (secondary N) is 2. The first-order valence-electron chi connectivity index (χ1n) is 7.67. The summed E-state index contributed by atoms with van der Waals surface area (Å²) in [6.07, 6.45) is 0. The maximum atomic E-state index is 13.7. The van der Waals surface area contributed by atoms with Gasteiger partial charge in [0.25, 0.3) is 11.6 Å². The van der Waals surface area contributed by atoms with Crippen LogP contribution in [0.15, 0.2) is 36.4 Å². The van der Waals surface area contributed by atoms with E-state index in [1.807, 2.05) is 0 Å². The highest BCUT2D eigenvalue weighted by molar-refractivity contribution is 6.33. The summed E-state index contributed by atoms with van der Waals surface area (Å²) < 4.78 is 18.6. The number of amides is 1. The van der Waals surface area contributed by atoms with Gasteiger partial charge in [0.05, 0.1) is 29.8 Å². The monoisotopic (exact) mass is 382 g/mol. The van der Waals surface area contributed by atoms with Crippen molar-refractivity contribution in [2.24, 2.45) is 0 Å². The third kappa shape index (κ3) is 5.14. The summed E-state index contributed by atoms with van der Waals surface area (Å²) >= 11 is 5.95. The van der Waals surface area contributed by atoms with Crippen molar-refractivity contribution in [3.05, 3.63) is 62.9 Å². The van der Waals surface area contributed by atoms with Gasteiger partial charge in [-0.15, -0.1) is 0 Å². The van der Waals surface area contributed by atoms with Crippen molar-refractivity contribution in [1.29, 1.82) is 0 Å². The molecule has 2 N–H and O–H groups in total. The molecule has 138 valence electrons. The molecule has 0 fully saturated rings. The van der Waals surface area contributed by atoms with Crippen molar-refractivity contribution in [3.63, 3.8) is 0 Å². The van der Waals surface area contributed by atoms with Gasteiger partial charge < -0.3 is 15.0 Å². The van der Waals surface area contributed by atoms with Crippen LogP contribution < -0.4 is 15.0 Å². The molecule has 1 atom stereocenters. The Morgan fingerprint density at radius 3 is 2.65 bits per heavy atom. The summed E-state index contributed by atoms with van der Waals surface area (Å²) in [6.45, 7) is 0.545. The maximum Gasteiger partial charge on any atom is 0.279 e. The number of ether oxygens (including phenoxy) is 1. The molecule has 1 unspecified atom stereocenters. The number of benzene rings is 2. The minimum absolute atomic E-state index is 0.0856. The van der Waals surface area contributed by atoms with Gasteiger partial charge in [0.1, 0.15) is 6.54 Å². The van der Waals surface area contributed by atoms with Gasteiger partial charge in [-0.05, 0) is 24.3 Å². The fourth-order valence-electron chi connectivity index (χ4n) is 2.42. The van der Waals surface area contributed by atoms with Crippen molar-refractivity contribution >= 4 is 28.9 Å². The van der Waals surface area contributed by atoms with Crippen LogP contribution in [0, 0.1) is 15.9 Å². The summed E-state index contributed by atoms with van der Waals surface area (Å²) in [6, 6.07) is 8.46. The van der Waals surface area contributed by atoms with Gasteiger partial charge in [0.2, 0.25) is 0 Å². The molecular weight excluding hydrogens is 365 g/mol. The Labute approximate surface area is 154 Å². The van der Waals surface area contributed by atoms with Gasteiger partial charge in [-0.3, -0.25) is 14.9 Å². The molecule has 0 spiro atoms. The minimum Gasteiger partial charge on any atom is -0.494 e. The molecule has 0 radical (unpaired) electrons. The molecule has 0 aromatic heterocycles. The second-order valence-electron chi connectivity index (χ2n) is 5.75. The largest absolute Gasteiger partial charge is 0.494 e. The van der Waals surface area contributed by atoms with Gasteiger partial charge >= 0.3 is 0 Å². The average Bonchev–Trinajstić information content (AvgIpc) is 2.56. The van der Waals surface area contributed by atoms with Gasteiger partial charge in [-0.1, -0.05) is 11.6 Å². The predicted octanol–water partition coefficient (Wildman–Crippen LogP) is 2.05. The summed E-state index contributed by atoms with van der Waals surface area (Å²) in [7, 11) is 3.18. The second kappa shape index (κ2) is 8.59. The lowest BCUT2D eigenvalue weighted by molar-refractivity contribution is -0.885. The number of hydrogen-bond acceptors (Lipinski definition) is 4. The Morgan fingerprint density at radius 2 is 2.08 bits per heavy atom. The van der Waals surface area contributed by atoms with Crippen molar-refractivity contribution in [2.45, 2.75) is 6.54 Å². The first-order valence-corrected chi connectivity index (χ1v) is 8.05. The molecule has 0 saturated heterocycles. The molecule has 0 bridgehead atoms. The molecule has 1 amide bonds. The van der Waals surface area contributed by atoms with E-state index in [2.05, 4.69) is 5.32 Å². The number of methoxy groups -OCH3 is 1. The molecular formula is C17H18ClFN3O4+. The second-order valence-corrected chi connectivity index (χ2v) is 6.16. The molecule has 9 heteroatoms. The molecule has 26 heavy (non-hydrogen) atoms. The van der Waals surface area contributed by atoms with Crippen LogP contribution in [0.25, 0.3) is 0 Å². The first kappa shape index (κ1) is 19.6. The zero-order valence-electron chi connectivity index (χ0n) is 14.2. The number of carbonyl (C=O) groups excluding carboxylic acids is 1. The third-order valence-corrected chi connectivity index (χ3v) is 3.93. The molecule has 0 saturated carbocycles. The topological polar surface area (TPSA) is 85.9 Å². The number of halogens is 2. The number of anilines is 1. The Kier molecular flexibility index (Phi) is 6.48. The first-order chi connectivity index (χ1) is 12.3. The standard InChI is InChI=1S/C17H17ClFN3O4/c1-21(9-11-3-6-16(26-2)14(19)7-11)10-17(23)20-15-5-4-12(22(24)25)8-13(15)18/h3-8H,9-10H2,1-2H3,(H,20,23)/p+1. The Bertz CT molecular complexity index is 832. The van der Waals surface area contributed by atoms with Gasteiger partial charge in [0.15, 0.2) is 18.1 Å². The average molecular weight is 383 g/mol. The summed E-state index contributed by atoms with van der Waals surface area (Å²) in [5, 5.41) is 13.4. The number of hydrogen-bond donors (Lipinski definition) is 2. The number of nitrogens with zero attached hydrogens (tertiary/aromatic N) is 1. The number of carbonyl (C=O) groups is 1. The van der Waals surface area contributed by atoms with Crippen LogP contribution in [-0.2, 0) is 11.3 Å². The fraction of sp³-hybridized carbons (Fsp3) is 0.235. The van der Waals surface area contributed by atoms with Crippen LogP contribution in [0.2, 0.25) is 5.02 Å². The van der Waals surface area contributed by atoms with Crippen LogP contribution in [0.4, 0.5) is 15.8 Å². The molecule has 0 aliphatic rings. The predicted molar refractivity (Wildman–Crippen MR) is 95.1 cm³/mol. The SMILES string of the molecule is COc1ccc(C[NH+](C)CC(=O)Nc2ccc([N+](=O)[O-])cc2Cl)cc1F. The quantitative estimate of drug-likeness (QED) is 0.567. The fourth-order valence-corrected chi connectivity index (χ4v) is 2.64. The molecule has 7 nitrogen and oxygen atoms in total. The molecule has 0 heterocycles. The zero-order valence-corrected chi connectivity index (χ0v) is 15.0. The molecule has 0 aliphatic carbocycles. The lowest BCUT2D eigenvalue weighted by Crippen LogP contribution is -3.08. The van der Waals surface area contributed by atoms with E-state index in [9.17, 15) is 19.3 Å². The number of nitro groups is 1.